The Morgan fingerprint density at radius 1 is 1.19 bits per heavy atom. The third kappa shape index (κ3) is 5.08. The van der Waals surface area contributed by atoms with Gasteiger partial charge in [-0.2, -0.15) is 0 Å². The van der Waals surface area contributed by atoms with Crippen molar-refractivity contribution >= 4 is 23.6 Å². The molecule has 142 valence electrons. The van der Waals surface area contributed by atoms with E-state index >= 15 is 0 Å². The van der Waals surface area contributed by atoms with Gasteiger partial charge in [0.2, 0.25) is 5.91 Å². The van der Waals surface area contributed by atoms with Crippen LogP contribution in [0.5, 0.6) is 5.75 Å². The molecule has 0 atom stereocenters. The number of carbonyl (C=O) groups is 1. The molecule has 2 aromatic carbocycles. The molecular formula is C21H22ClFN2O2. The molecule has 6 heteroatoms. The van der Waals surface area contributed by atoms with Gasteiger partial charge in [-0.25, -0.2) is 4.39 Å². The van der Waals surface area contributed by atoms with Crippen molar-refractivity contribution in [2.75, 3.05) is 33.3 Å². The number of amides is 1. The lowest BCUT2D eigenvalue weighted by Crippen LogP contribution is -2.47. The molecule has 1 fully saturated rings. The van der Waals surface area contributed by atoms with Crippen LogP contribution in [0.15, 0.2) is 48.5 Å². The van der Waals surface area contributed by atoms with Crippen molar-refractivity contribution < 1.29 is 13.9 Å². The molecule has 27 heavy (non-hydrogen) atoms. The minimum Gasteiger partial charge on any atom is -0.497 e. The monoisotopic (exact) mass is 388 g/mol. The number of carbonyl (C=O) groups excluding carboxylic acids is 1. The minimum atomic E-state index is -0.290. The maximum Gasteiger partial charge on any atom is 0.246 e. The number of hydrogen-bond donors (Lipinski definition) is 0. The quantitative estimate of drug-likeness (QED) is 0.729. The molecule has 3 rings (SSSR count). The molecule has 1 amide bonds. The van der Waals surface area contributed by atoms with Crippen LogP contribution in [-0.4, -0.2) is 49.0 Å². The fourth-order valence-corrected chi connectivity index (χ4v) is 3.27. The van der Waals surface area contributed by atoms with Crippen LogP contribution in [0.1, 0.15) is 11.1 Å². The van der Waals surface area contributed by atoms with Gasteiger partial charge < -0.3 is 9.64 Å². The van der Waals surface area contributed by atoms with Crippen LogP contribution in [0.2, 0.25) is 5.02 Å². The van der Waals surface area contributed by atoms with E-state index < -0.39 is 0 Å². The number of nitrogens with zero attached hydrogens (tertiary/aromatic N) is 2. The van der Waals surface area contributed by atoms with Gasteiger partial charge >= 0.3 is 0 Å². The van der Waals surface area contributed by atoms with Crippen molar-refractivity contribution in [2.24, 2.45) is 0 Å². The number of halogens is 2. The van der Waals surface area contributed by atoms with Crippen LogP contribution in [0.25, 0.3) is 6.08 Å². The summed E-state index contributed by atoms with van der Waals surface area (Å²) in [7, 11) is 1.61. The Balaban J connectivity index is 1.54. The third-order valence-corrected chi connectivity index (χ3v) is 4.99. The van der Waals surface area contributed by atoms with E-state index in [9.17, 15) is 9.18 Å². The van der Waals surface area contributed by atoms with Crippen LogP contribution in [0.4, 0.5) is 4.39 Å². The van der Waals surface area contributed by atoms with Gasteiger partial charge in [-0.15, -0.1) is 0 Å². The smallest absolute Gasteiger partial charge is 0.246 e. The van der Waals surface area contributed by atoms with Gasteiger partial charge in [-0.05, 0) is 35.9 Å². The molecule has 0 saturated carbocycles. The largest absolute Gasteiger partial charge is 0.497 e. The molecule has 0 spiro atoms. The van der Waals surface area contributed by atoms with E-state index in [1.807, 2.05) is 24.3 Å². The zero-order valence-electron chi connectivity index (χ0n) is 15.2. The first-order chi connectivity index (χ1) is 13.1. The van der Waals surface area contributed by atoms with Gasteiger partial charge in [0.05, 0.1) is 7.11 Å². The molecule has 0 unspecified atom stereocenters. The molecule has 1 aliphatic rings. The number of methoxy groups -OCH3 is 1. The molecule has 0 N–H and O–H groups in total. The molecule has 4 nitrogen and oxygen atoms in total. The summed E-state index contributed by atoms with van der Waals surface area (Å²) in [6.07, 6.45) is 3.37. The van der Waals surface area contributed by atoms with E-state index in [1.165, 1.54) is 6.07 Å². The second kappa shape index (κ2) is 9.02. The average molecular weight is 389 g/mol. The molecule has 1 heterocycles. The molecule has 1 aliphatic heterocycles. The third-order valence-electron chi connectivity index (χ3n) is 4.64. The summed E-state index contributed by atoms with van der Waals surface area (Å²) in [5.41, 5.74) is 1.42. The van der Waals surface area contributed by atoms with Crippen molar-refractivity contribution in [1.82, 2.24) is 9.80 Å². The zero-order valence-corrected chi connectivity index (χ0v) is 16.0. The van der Waals surface area contributed by atoms with E-state index in [0.29, 0.717) is 43.3 Å². The Labute approximate surface area is 163 Å². The lowest BCUT2D eigenvalue weighted by atomic mass is 10.1. The minimum absolute atomic E-state index is 0.0265. The second-order valence-corrected chi connectivity index (χ2v) is 6.82. The van der Waals surface area contributed by atoms with Crippen molar-refractivity contribution in [3.63, 3.8) is 0 Å². The van der Waals surface area contributed by atoms with Gasteiger partial charge in [-0.3, -0.25) is 9.69 Å². The number of ether oxygens (including phenoxy) is 1. The van der Waals surface area contributed by atoms with Gasteiger partial charge in [0.15, 0.2) is 0 Å². The molecule has 0 radical (unpaired) electrons. The van der Waals surface area contributed by atoms with Gasteiger partial charge in [-0.1, -0.05) is 29.8 Å². The lowest BCUT2D eigenvalue weighted by Gasteiger charge is -2.34. The molecule has 0 aliphatic carbocycles. The molecule has 0 aromatic heterocycles. The first kappa shape index (κ1) is 19.4. The van der Waals surface area contributed by atoms with E-state index in [0.717, 1.165) is 11.3 Å². The second-order valence-electron chi connectivity index (χ2n) is 6.41. The fraction of sp³-hybridized carbons (Fsp3) is 0.286. The molecule has 0 bridgehead atoms. The van der Waals surface area contributed by atoms with E-state index in [4.69, 9.17) is 16.3 Å². The zero-order chi connectivity index (χ0) is 19.2. The summed E-state index contributed by atoms with van der Waals surface area (Å²) >= 11 is 6.10. The number of benzene rings is 2. The number of rotatable bonds is 5. The van der Waals surface area contributed by atoms with Crippen molar-refractivity contribution in [2.45, 2.75) is 6.54 Å². The Kier molecular flexibility index (Phi) is 6.48. The Hall–Kier alpha value is -2.37. The Morgan fingerprint density at radius 2 is 1.93 bits per heavy atom. The van der Waals surface area contributed by atoms with E-state index in [-0.39, 0.29) is 11.7 Å². The summed E-state index contributed by atoms with van der Waals surface area (Å²) in [4.78, 5) is 16.3. The highest BCUT2D eigenvalue weighted by atomic mass is 35.5. The first-order valence-corrected chi connectivity index (χ1v) is 9.21. The Bertz CT molecular complexity index is 812. The van der Waals surface area contributed by atoms with Crippen LogP contribution in [0.3, 0.4) is 0 Å². The van der Waals surface area contributed by atoms with Crippen molar-refractivity contribution in [3.05, 3.63) is 70.5 Å². The predicted octanol–water partition coefficient (Wildman–Crippen LogP) is 3.85. The normalized spacial score (nSPS) is 15.3. The fourth-order valence-electron chi connectivity index (χ4n) is 3.05. The molecule has 2 aromatic rings. The van der Waals surface area contributed by atoms with Crippen molar-refractivity contribution in [3.8, 4) is 5.75 Å². The SMILES string of the molecule is COc1cccc(/C=C/C(=O)N2CCN(Cc3c(F)cccc3Cl)CC2)c1. The summed E-state index contributed by atoms with van der Waals surface area (Å²) in [6, 6.07) is 12.3. The summed E-state index contributed by atoms with van der Waals surface area (Å²) < 4.78 is 19.1. The van der Waals surface area contributed by atoms with Crippen LogP contribution < -0.4 is 4.74 Å². The maximum atomic E-state index is 13.9. The molecular weight excluding hydrogens is 367 g/mol. The summed E-state index contributed by atoms with van der Waals surface area (Å²) in [5, 5.41) is 0.440. The topological polar surface area (TPSA) is 32.8 Å². The lowest BCUT2D eigenvalue weighted by molar-refractivity contribution is -0.127. The summed E-state index contributed by atoms with van der Waals surface area (Å²) in [5.74, 6) is 0.439. The number of hydrogen-bond acceptors (Lipinski definition) is 3. The summed E-state index contributed by atoms with van der Waals surface area (Å²) in [6.45, 7) is 3.03. The maximum absolute atomic E-state index is 13.9. The van der Waals surface area contributed by atoms with Gasteiger partial charge in [0.1, 0.15) is 11.6 Å². The standard InChI is InChI=1S/C21H22ClFN2O2/c1-27-17-5-2-4-16(14-17)8-9-21(26)25-12-10-24(11-13-25)15-18-19(22)6-3-7-20(18)23/h2-9,14H,10-13,15H2,1H3/b9-8+. The molecule has 1 saturated heterocycles. The highest BCUT2D eigenvalue weighted by Gasteiger charge is 2.21. The van der Waals surface area contributed by atoms with Crippen LogP contribution in [-0.2, 0) is 11.3 Å². The Morgan fingerprint density at radius 3 is 2.63 bits per heavy atom. The van der Waals surface area contributed by atoms with Crippen molar-refractivity contribution in [1.29, 1.82) is 0 Å². The average Bonchev–Trinajstić information content (AvgIpc) is 2.69. The van der Waals surface area contributed by atoms with Crippen LogP contribution >= 0.6 is 11.6 Å². The van der Waals surface area contributed by atoms with Gasteiger partial charge in [0.25, 0.3) is 0 Å². The highest BCUT2D eigenvalue weighted by molar-refractivity contribution is 6.31. The van der Waals surface area contributed by atoms with E-state index in [1.54, 1.807) is 36.3 Å². The van der Waals surface area contributed by atoms with Crippen LogP contribution in [0, 0.1) is 5.82 Å². The van der Waals surface area contributed by atoms with E-state index in [2.05, 4.69) is 4.90 Å². The van der Waals surface area contributed by atoms with Gasteiger partial charge in [0, 0.05) is 49.4 Å². The highest BCUT2D eigenvalue weighted by Crippen LogP contribution is 2.21. The predicted molar refractivity (Wildman–Crippen MR) is 105 cm³/mol. The number of piperazine rings is 1. The first-order valence-electron chi connectivity index (χ1n) is 8.83.